The molecule has 9 nitrogen and oxygen atoms in total. The summed E-state index contributed by atoms with van der Waals surface area (Å²) < 4.78 is 42.9. The second-order valence-corrected chi connectivity index (χ2v) is 11.6. The first-order chi connectivity index (χ1) is 21.9. The van der Waals surface area contributed by atoms with Crippen molar-refractivity contribution in [3.05, 3.63) is 88.5 Å². The maximum absolute atomic E-state index is 14.8. The average molecular weight is 612 g/mol. The number of carbonyl (C=O) groups is 1. The third-order valence-electron chi connectivity index (χ3n) is 8.35. The Morgan fingerprint density at radius 1 is 1.11 bits per heavy atom. The van der Waals surface area contributed by atoms with Gasteiger partial charge in [-0.15, -0.1) is 0 Å². The average Bonchev–Trinajstić information content (AvgIpc) is 3.79. The number of benzene rings is 2. The number of carboxylic acids is 1. The molecule has 1 N–H and O–H groups in total. The van der Waals surface area contributed by atoms with Crippen LogP contribution in [0, 0.1) is 29.4 Å². The number of hydrogen-bond donors (Lipinski definition) is 1. The van der Waals surface area contributed by atoms with E-state index in [1.807, 2.05) is 6.08 Å². The topological polar surface area (TPSA) is 103 Å². The van der Waals surface area contributed by atoms with E-state index in [0.29, 0.717) is 49.6 Å². The van der Waals surface area contributed by atoms with Gasteiger partial charge in [0, 0.05) is 36.7 Å². The fraction of sp³-hybridized carbons (Fsp3) is 0.353. The highest BCUT2D eigenvalue weighted by Gasteiger charge is 2.25. The normalized spacial score (nSPS) is 18.2. The highest BCUT2D eigenvalue weighted by molar-refractivity contribution is 5.92. The van der Waals surface area contributed by atoms with Gasteiger partial charge in [-0.05, 0) is 61.6 Å². The van der Waals surface area contributed by atoms with Crippen LogP contribution in [-0.2, 0) is 24.4 Å². The largest absolute Gasteiger partial charge is 0.478 e. The molecule has 11 heteroatoms. The van der Waals surface area contributed by atoms with Gasteiger partial charge in [0.2, 0.25) is 0 Å². The number of hydrogen-bond acceptors (Lipinski definition) is 7. The van der Waals surface area contributed by atoms with Gasteiger partial charge in [0.15, 0.2) is 5.82 Å². The molecule has 1 saturated heterocycles. The lowest BCUT2D eigenvalue weighted by Crippen LogP contribution is -2.33. The first-order valence-corrected chi connectivity index (χ1v) is 15.1. The predicted octanol–water partition coefficient (Wildman–Crippen LogP) is 5.22. The maximum atomic E-state index is 14.8. The first-order valence-electron chi connectivity index (χ1n) is 15.1. The van der Waals surface area contributed by atoms with Crippen molar-refractivity contribution in [1.82, 2.24) is 24.4 Å². The van der Waals surface area contributed by atoms with E-state index in [4.69, 9.17) is 14.5 Å². The number of ether oxygens (including phenoxy) is 2. The molecule has 4 heterocycles. The highest BCUT2D eigenvalue weighted by Crippen LogP contribution is 2.29. The molecular weight excluding hydrogens is 580 g/mol. The van der Waals surface area contributed by atoms with Gasteiger partial charge in [-0.3, -0.25) is 4.90 Å². The van der Waals surface area contributed by atoms with Gasteiger partial charge < -0.3 is 19.1 Å². The molecule has 0 bridgehead atoms. The lowest BCUT2D eigenvalue weighted by Gasteiger charge is -2.29. The van der Waals surface area contributed by atoms with Crippen LogP contribution >= 0.6 is 0 Å². The molecule has 4 aromatic rings. The zero-order valence-corrected chi connectivity index (χ0v) is 24.5. The zero-order valence-electron chi connectivity index (χ0n) is 24.5. The first kappa shape index (κ1) is 29.1. The van der Waals surface area contributed by atoms with Crippen LogP contribution in [0.4, 0.5) is 8.78 Å². The molecule has 7 rings (SSSR count). The summed E-state index contributed by atoms with van der Waals surface area (Å²) >= 11 is 0. The Balaban J connectivity index is 1.03. The molecule has 45 heavy (non-hydrogen) atoms. The van der Waals surface area contributed by atoms with Crippen molar-refractivity contribution in [3.8, 4) is 17.9 Å². The highest BCUT2D eigenvalue weighted by atomic mass is 19.1. The van der Waals surface area contributed by atoms with Crippen LogP contribution in [0.3, 0.4) is 0 Å². The minimum atomic E-state index is -0.985. The lowest BCUT2D eigenvalue weighted by molar-refractivity contribution is -0.0591. The van der Waals surface area contributed by atoms with Crippen molar-refractivity contribution in [2.24, 2.45) is 5.92 Å². The van der Waals surface area contributed by atoms with Crippen molar-refractivity contribution in [2.75, 3.05) is 19.7 Å². The molecule has 0 unspecified atom stereocenters. The van der Waals surface area contributed by atoms with E-state index >= 15 is 0 Å². The van der Waals surface area contributed by atoms with E-state index in [1.54, 1.807) is 30.3 Å². The van der Waals surface area contributed by atoms with Crippen molar-refractivity contribution in [2.45, 2.75) is 51.5 Å². The monoisotopic (exact) mass is 611 g/mol. The van der Waals surface area contributed by atoms with Gasteiger partial charge in [-0.2, -0.15) is 4.98 Å². The van der Waals surface area contributed by atoms with Crippen molar-refractivity contribution in [1.29, 1.82) is 0 Å². The Bertz CT molecular complexity index is 1870. The summed E-state index contributed by atoms with van der Waals surface area (Å²) in [6, 6.07) is 9.72. The van der Waals surface area contributed by atoms with Crippen LogP contribution in [0.2, 0.25) is 0 Å². The van der Waals surface area contributed by atoms with Crippen LogP contribution < -0.4 is 4.74 Å². The SMILES string of the molecule is O=C(O)c1ccc2nc(CN3CC=C(c4nc(OCc5ccc(C#CC6CC6)cc5F)ncc4F)CC3)n(C[C@@H]3CCO3)c2c1. The minimum Gasteiger partial charge on any atom is -0.478 e. The molecular formula is C34H31F2N5O4. The summed E-state index contributed by atoms with van der Waals surface area (Å²) in [5.41, 5.74) is 3.58. The molecule has 0 spiro atoms. The molecule has 2 aromatic heterocycles. The number of rotatable bonds is 9. The van der Waals surface area contributed by atoms with Crippen molar-refractivity contribution in [3.63, 3.8) is 0 Å². The third-order valence-corrected chi connectivity index (χ3v) is 8.35. The molecule has 1 aliphatic carbocycles. The van der Waals surface area contributed by atoms with E-state index in [0.717, 1.165) is 54.5 Å². The van der Waals surface area contributed by atoms with Gasteiger partial charge in [0.05, 0.1) is 42.0 Å². The second kappa shape index (κ2) is 12.4. The van der Waals surface area contributed by atoms with Crippen molar-refractivity contribution < 1.29 is 28.2 Å². The van der Waals surface area contributed by atoms with E-state index in [-0.39, 0.29) is 30.0 Å². The lowest BCUT2D eigenvalue weighted by atomic mass is 10.0. The van der Waals surface area contributed by atoms with Crippen molar-refractivity contribution >= 4 is 22.6 Å². The molecule has 0 amide bonds. The molecule has 230 valence electrons. The molecule has 2 fully saturated rings. The van der Waals surface area contributed by atoms with E-state index in [2.05, 4.69) is 31.3 Å². The van der Waals surface area contributed by atoms with Crippen LogP contribution in [-0.4, -0.2) is 61.3 Å². The molecule has 1 atom stereocenters. The van der Waals surface area contributed by atoms with E-state index < -0.39 is 17.6 Å². The van der Waals surface area contributed by atoms with Crippen LogP contribution in [0.1, 0.15) is 58.7 Å². The number of imidazole rings is 1. The number of halogens is 2. The third kappa shape index (κ3) is 6.57. The van der Waals surface area contributed by atoms with Gasteiger partial charge >= 0.3 is 12.0 Å². The summed E-state index contributed by atoms with van der Waals surface area (Å²) in [7, 11) is 0. The summed E-state index contributed by atoms with van der Waals surface area (Å²) in [4.78, 5) is 26.9. The fourth-order valence-corrected chi connectivity index (χ4v) is 5.48. The standard InChI is InChI=1S/C34H31F2N5O4/c35-27-15-22(4-3-21-1-2-21)5-6-25(27)20-45-34-37-17-28(36)32(39-34)23-9-12-40(13-10-23)19-31-38-29-8-7-24(33(42)43)16-30(29)41(31)18-26-11-14-44-26/h5-9,15-17,21,26H,1-2,10-14,18-20H2,(H,42,43)/t26-/m0/s1. The second-order valence-electron chi connectivity index (χ2n) is 11.6. The number of aromatic carboxylic acids is 1. The Morgan fingerprint density at radius 2 is 1.98 bits per heavy atom. The quantitative estimate of drug-likeness (QED) is 0.257. The Labute approximate surface area is 258 Å². The van der Waals surface area contributed by atoms with Crippen LogP contribution in [0.15, 0.2) is 48.7 Å². The van der Waals surface area contributed by atoms with E-state index in [9.17, 15) is 18.7 Å². The smallest absolute Gasteiger partial charge is 0.335 e. The molecule has 2 aromatic carbocycles. The van der Waals surface area contributed by atoms with Gasteiger partial charge in [-0.25, -0.2) is 23.5 Å². The number of carboxylic acid groups (broad SMARTS) is 1. The fourth-order valence-electron chi connectivity index (χ4n) is 5.48. The van der Waals surface area contributed by atoms with Gasteiger partial charge in [-0.1, -0.05) is 24.0 Å². The molecule has 3 aliphatic rings. The molecule has 0 radical (unpaired) electrons. The van der Waals surface area contributed by atoms with Gasteiger partial charge in [0.1, 0.15) is 23.9 Å². The zero-order chi connectivity index (χ0) is 30.9. The number of nitrogens with zero attached hydrogens (tertiary/aromatic N) is 5. The minimum absolute atomic E-state index is 0.0283. The number of aromatic nitrogens is 4. The van der Waals surface area contributed by atoms with Crippen LogP contribution in [0.25, 0.3) is 16.6 Å². The summed E-state index contributed by atoms with van der Waals surface area (Å²) in [5, 5.41) is 9.50. The predicted molar refractivity (Wildman–Crippen MR) is 161 cm³/mol. The molecule has 1 saturated carbocycles. The molecule has 2 aliphatic heterocycles. The van der Waals surface area contributed by atoms with E-state index in [1.165, 1.54) is 6.07 Å². The Kier molecular flexibility index (Phi) is 8.00. The van der Waals surface area contributed by atoms with Crippen LogP contribution in [0.5, 0.6) is 6.01 Å². The summed E-state index contributed by atoms with van der Waals surface area (Å²) in [5.74, 6) is 5.41. The number of fused-ring (bicyclic) bond motifs is 1. The maximum Gasteiger partial charge on any atom is 0.335 e. The Morgan fingerprint density at radius 3 is 2.69 bits per heavy atom. The van der Waals surface area contributed by atoms with Gasteiger partial charge in [0.25, 0.3) is 0 Å². The summed E-state index contributed by atoms with van der Waals surface area (Å²) in [6.07, 6.45) is 6.78. The Hall–Kier alpha value is -4.66. The summed E-state index contributed by atoms with van der Waals surface area (Å²) in [6.45, 7) is 2.93.